The molecule has 0 radical (unpaired) electrons. The Morgan fingerprint density at radius 2 is 1.83 bits per heavy atom. The van der Waals surface area contributed by atoms with E-state index in [4.69, 9.17) is 9.47 Å². The molecule has 0 unspecified atom stereocenters. The highest BCUT2D eigenvalue weighted by Gasteiger charge is 2.27. The zero-order chi connectivity index (χ0) is 20.4. The maximum Gasteiger partial charge on any atom is 0.327 e. The Balaban J connectivity index is 1.55. The predicted molar refractivity (Wildman–Crippen MR) is 106 cm³/mol. The van der Waals surface area contributed by atoms with Gasteiger partial charge in [0.1, 0.15) is 17.3 Å². The smallest absolute Gasteiger partial charge is 0.327 e. The largest absolute Gasteiger partial charge is 0.497 e. The highest BCUT2D eigenvalue weighted by Crippen LogP contribution is 2.30. The SMILES string of the molecule is COc1ccc(Nc2ncc3c(n2)NC(=O)N(c2ccc(OC)cc2F)C3)cc1. The summed E-state index contributed by atoms with van der Waals surface area (Å²) in [5.41, 5.74) is 1.59. The van der Waals surface area contributed by atoms with Crippen LogP contribution in [0.25, 0.3) is 0 Å². The molecule has 2 N–H and O–H groups in total. The number of hydrogen-bond acceptors (Lipinski definition) is 6. The van der Waals surface area contributed by atoms with E-state index in [1.807, 2.05) is 24.3 Å². The molecule has 0 saturated carbocycles. The van der Waals surface area contributed by atoms with Crippen molar-refractivity contribution in [1.82, 2.24) is 9.97 Å². The number of hydrogen-bond donors (Lipinski definition) is 2. The van der Waals surface area contributed by atoms with Crippen LogP contribution in [-0.2, 0) is 6.54 Å². The standard InChI is InChI=1S/C20H18FN5O3/c1-28-14-5-3-13(4-6-14)23-19-22-10-12-11-26(20(27)25-18(12)24-19)17-8-7-15(29-2)9-16(17)21/h3-10H,11H2,1-2H3,(H2,22,23,24,25,27). The third kappa shape index (κ3) is 3.75. The Morgan fingerprint density at radius 3 is 2.52 bits per heavy atom. The third-order valence-electron chi connectivity index (χ3n) is 4.46. The Morgan fingerprint density at radius 1 is 1.10 bits per heavy atom. The van der Waals surface area contributed by atoms with E-state index in [9.17, 15) is 9.18 Å². The van der Waals surface area contributed by atoms with Gasteiger partial charge < -0.3 is 14.8 Å². The van der Waals surface area contributed by atoms with Crippen LogP contribution in [0.2, 0.25) is 0 Å². The van der Waals surface area contributed by atoms with Crippen molar-refractivity contribution in [2.75, 3.05) is 29.8 Å². The van der Waals surface area contributed by atoms with Gasteiger partial charge in [-0.3, -0.25) is 10.2 Å². The lowest BCUT2D eigenvalue weighted by Gasteiger charge is -2.29. The van der Waals surface area contributed by atoms with Crippen molar-refractivity contribution in [3.05, 3.63) is 60.0 Å². The number of nitrogens with one attached hydrogen (secondary N) is 2. The lowest BCUT2D eigenvalue weighted by atomic mass is 10.2. The topological polar surface area (TPSA) is 88.6 Å². The average Bonchev–Trinajstić information content (AvgIpc) is 2.74. The number of ether oxygens (including phenoxy) is 2. The highest BCUT2D eigenvalue weighted by molar-refractivity contribution is 6.03. The summed E-state index contributed by atoms with van der Waals surface area (Å²) in [5.74, 6) is 1.27. The fourth-order valence-electron chi connectivity index (χ4n) is 2.93. The Labute approximate surface area is 166 Å². The van der Waals surface area contributed by atoms with Crippen molar-refractivity contribution in [3.8, 4) is 11.5 Å². The molecule has 1 aliphatic heterocycles. The number of nitrogens with zero attached hydrogens (tertiary/aromatic N) is 3. The number of urea groups is 1. The van der Waals surface area contributed by atoms with Crippen LogP contribution in [-0.4, -0.2) is 30.2 Å². The molecular formula is C20H18FN5O3. The number of fused-ring (bicyclic) bond motifs is 1. The summed E-state index contributed by atoms with van der Waals surface area (Å²) in [7, 11) is 3.05. The van der Waals surface area contributed by atoms with Gasteiger partial charge in [0.25, 0.3) is 0 Å². The summed E-state index contributed by atoms with van der Waals surface area (Å²) in [6, 6.07) is 11.1. The van der Waals surface area contributed by atoms with Gasteiger partial charge in [0, 0.05) is 23.5 Å². The third-order valence-corrected chi connectivity index (χ3v) is 4.46. The second kappa shape index (κ2) is 7.63. The highest BCUT2D eigenvalue weighted by atomic mass is 19.1. The van der Waals surface area contributed by atoms with Crippen molar-refractivity contribution in [2.45, 2.75) is 6.54 Å². The van der Waals surface area contributed by atoms with Crippen molar-refractivity contribution >= 4 is 29.2 Å². The fourth-order valence-corrected chi connectivity index (χ4v) is 2.93. The van der Waals surface area contributed by atoms with Gasteiger partial charge in [-0.15, -0.1) is 0 Å². The van der Waals surface area contributed by atoms with Crippen LogP contribution in [0.3, 0.4) is 0 Å². The molecule has 1 aliphatic rings. The van der Waals surface area contributed by atoms with E-state index in [0.29, 0.717) is 23.1 Å². The van der Waals surface area contributed by atoms with E-state index in [0.717, 1.165) is 11.4 Å². The first-order valence-corrected chi connectivity index (χ1v) is 8.76. The molecule has 0 saturated heterocycles. The van der Waals surface area contributed by atoms with Crippen LogP contribution >= 0.6 is 0 Å². The Hall–Kier alpha value is -3.88. The number of carbonyl (C=O) groups is 1. The molecule has 0 atom stereocenters. The number of methoxy groups -OCH3 is 2. The van der Waals surface area contributed by atoms with Crippen molar-refractivity contribution in [1.29, 1.82) is 0 Å². The Bertz CT molecular complexity index is 1060. The van der Waals surface area contributed by atoms with E-state index in [-0.39, 0.29) is 12.2 Å². The summed E-state index contributed by atoms with van der Waals surface area (Å²) >= 11 is 0. The van der Waals surface area contributed by atoms with Gasteiger partial charge in [0.05, 0.1) is 26.5 Å². The lowest BCUT2D eigenvalue weighted by molar-refractivity contribution is 0.255. The summed E-state index contributed by atoms with van der Waals surface area (Å²) in [4.78, 5) is 22.5. The zero-order valence-electron chi connectivity index (χ0n) is 15.8. The van der Waals surface area contributed by atoms with Crippen LogP contribution in [0.1, 0.15) is 5.56 Å². The van der Waals surface area contributed by atoms with Crippen LogP contribution < -0.4 is 25.0 Å². The molecule has 2 aromatic carbocycles. The van der Waals surface area contributed by atoms with Gasteiger partial charge in [0.15, 0.2) is 5.82 Å². The monoisotopic (exact) mass is 395 g/mol. The number of rotatable bonds is 5. The number of benzene rings is 2. The Kier molecular flexibility index (Phi) is 4.86. The first kappa shape index (κ1) is 18.5. The molecule has 0 fully saturated rings. The number of anilines is 4. The summed E-state index contributed by atoms with van der Waals surface area (Å²) in [6.45, 7) is 0.146. The number of carbonyl (C=O) groups excluding carboxylic acids is 1. The molecule has 29 heavy (non-hydrogen) atoms. The van der Waals surface area contributed by atoms with E-state index in [1.165, 1.54) is 24.1 Å². The maximum absolute atomic E-state index is 14.4. The van der Waals surface area contributed by atoms with E-state index in [1.54, 1.807) is 19.4 Å². The van der Waals surface area contributed by atoms with Crippen molar-refractivity contribution in [3.63, 3.8) is 0 Å². The molecule has 9 heteroatoms. The molecular weight excluding hydrogens is 377 g/mol. The van der Waals surface area contributed by atoms with E-state index in [2.05, 4.69) is 20.6 Å². The molecule has 0 spiro atoms. The normalized spacial score (nSPS) is 12.8. The molecule has 2 heterocycles. The van der Waals surface area contributed by atoms with Gasteiger partial charge in [0.2, 0.25) is 5.95 Å². The first-order valence-electron chi connectivity index (χ1n) is 8.76. The molecule has 4 rings (SSSR count). The van der Waals surface area contributed by atoms with Crippen LogP contribution in [0, 0.1) is 5.82 Å². The minimum Gasteiger partial charge on any atom is -0.497 e. The molecule has 0 aliphatic carbocycles. The summed E-state index contributed by atoms with van der Waals surface area (Å²) < 4.78 is 24.5. The first-order chi connectivity index (χ1) is 14.1. The summed E-state index contributed by atoms with van der Waals surface area (Å²) in [6.07, 6.45) is 1.60. The quantitative estimate of drug-likeness (QED) is 0.681. The molecule has 8 nitrogen and oxygen atoms in total. The minimum absolute atomic E-state index is 0.146. The van der Waals surface area contributed by atoms with Crippen LogP contribution in [0.4, 0.5) is 32.3 Å². The zero-order valence-corrected chi connectivity index (χ0v) is 15.8. The van der Waals surface area contributed by atoms with Gasteiger partial charge in [-0.05, 0) is 36.4 Å². The number of amides is 2. The average molecular weight is 395 g/mol. The van der Waals surface area contributed by atoms with Crippen molar-refractivity contribution < 1.29 is 18.7 Å². The van der Waals surface area contributed by atoms with Crippen LogP contribution in [0.5, 0.6) is 11.5 Å². The summed E-state index contributed by atoms with van der Waals surface area (Å²) in [5, 5.41) is 5.75. The molecule has 2 amide bonds. The fraction of sp³-hybridized carbons (Fsp3) is 0.150. The van der Waals surface area contributed by atoms with Gasteiger partial charge in [-0.2, -0.15) is 4.98 Å². The second-order valence-corrected chi connectivity index (χ2v) is 6.25. The molecule has 148 valence electrons. The van der Waals surface area contributed by atoms with E-state index >= 15 is 0 Å². The number of halogens is 1. The number of aromatic nitrogens is 2. The minimum atomic E-state index is -0.554. The van der Waals surface area contributed by atoms with Gasteiger partial charge in [-0.25, -0.2) is 14.2 Å². The molecule has 0 bridgehead atoms. The second-order valence-electron chi connectivity index (χ2n) is 6.25. The van der Waals surface area contributed by atoms with Crippen molar-refractivity contribution in [2.24, 2.45) is 0 Å². The van der Waals surface area contributed by atoms with Gasteiger partial charge >= 0.3 is 6.03 Å². The van der Waals surface area contributed by atoms with E-state index < -0.39 is 11.8 Å². The lowest BCUT2D eigenvalue weighted by Crippen LogP contribution is -2.39. The molecule has 1 aromatic heterocycles. The maximum atomic E-state index is 14.4. The van der Waals surface area contributed by atoms with Crippen LogP contribution in [0.15, 0.2) is 48.7 Å². The molecule has 3 aromatic rings. The van der Waals surface area contributed by atoms with Gasteiger partial charge in [-0.1, -0.05) is 0 Å². The predicted octanol–water partition coefficient (Wildman–Crippen LogP) is 3.93.